The molecule has 6 nitrogen and oxygen atoms in total. The first kappa shape index (κ1) is 28.2. The Kier molecular flexibility index (Phi) is 8.91. The van der Waals surface area contributed by atoms with E-state index < -0.39 is 56.9 Å². The number of likely N-dealkylation sites (N-methyl/N-ethyl adjacent to an activating group) is 1. The van der Waals surface area contributed by atoms with Gasteiger partial charge in [-0.05, 0) is 50.0 Å². The van der Waals surface area contributed by atoms with Gasteiger partial charge in [0.15, 0.2) is 0 Å². The second kappa shape index (κ2) is 11.4. The average Bonchev–Trinajstić information content (AvgIpc) is 3.14. The SMILES string of the molecule is Cl.[2H]CN[C@@H](C)C(=O)N1CC[C@H](NS(=N)(=O)C(F)(F)F)[C@@H]1Cc1cccc(-c2cc(F)cc(F)c2)c1F. The molecule has 1 aliphatic heterocycles. The van der Waals surface area contributed by atoms with Gasteiger partial charge in [0.2, 0.25) is 15.8 Å². The summed E-state index contributed by atoms with van der Waals surface area (Å²) in [5, 5.41) is 2.58. The summed E-state index contributed by atoms with van der Waals surface area (Å²) < 4.78 is 111. The predicted molar refractivity (Wildman–Crippen MR) is 125 cm³/mol. The second-order valence-corrected chi connectivity index (χ2v) is 9.99. The first-order valence-corrected chi connectivity index (χ1v) is 12.0. The van der Waals surface area contributed by atoms with E-state index in [2.05, 4.69) is 5.32 Å². The van der Waals surface area contributed by atoms with Gasteiger partial charge in [-0.25, -0.2) is 26.9 Å². The first-order valence-electron chi connectivity index (χ1n) is 11.1. The molecule has 0 saturated carbocycles. The van der Waals surface area contributed by atoms with E-state index in [-0.39, 0.29) is 55.5 Å². The minimum Gasteiger partial charge on any atom is -0.336 e. The van der Waals surface area contributed by atoms with Crippen molar-refractivity contribution in [2.75, 3.05) is 13.6 Å². The number of halogens is 7. The van der Waals surface area contributed by atoms with Crippen LogP contribution >= 0.6 is 12.4 Å². The van der Waals surface area contributed by atoms with Crippen molar-refractivity contribution in [1.82, 2.24) is 14.9 Å². The molecule has 2 aromatic rings. The molecular formula is C22H25ClF6N4O2S. The zero-order chi connectivity index (χ0) is 26.8. The highest BCUT2D eigenvalue weighted by molar-refractivity contribution is 7.91. The maximum atomic E-state index is 15.5. The number of hydrogen-bond acceptors (Lipinski definition) is 4. The quantitative estimate of drug-likeness (QED) is 0.440. The van der Waals surface area contributed by atoms with Crippen molar-refractivity contribution in [3.05, 3.63) is 59.4 Å². The molecule has 1 saturated heterocycles. The van der Waals surface area contributed by atoms with Gasteiger partial charge in [0.05, 0.1) is 12.1 Å². The van der Waals surface area contributed by atoms with Crippen LogP contribution in [0.3, 0.4) is 0 Å². The van der Waals surface area contributed by atoms with Crippen molar-refractivity contribution >= 4 is 28.2 Å². The maximum absolute atomic E-state index is 15.5. The molecule has 1 amide bonds. The van der Waals surface area contributed by atoms with Gasteiger partial charge in [0, 0.05) is 25.6 Å². The molecule has 14 heteroatoms. The molecule has 0 spiro atoms. The number of nitrogens with zero attached hydrogens (tertiary/aromatic N) is 1. The number of hydrogen-bond donors (Lipinski definition) is 3. The Labute approximate surface area is 212 Å². The van der Waals surface area contributed by atoms with Crippen LogP contribution in [-0.4, -0.2) is 52.2 Å². The monoisotopic (exact) mass is 559 g/mol. The van der Waals surface area contributed by atoms with Gasteiger partial charge < -0.3 is 10.2 Å². The topological polar surface area (TPSA) is 85.3 Å². The fourth-order valence-electron chi connectivity index (χ4n) is 4.03. The largest absolute Gasteiger partial charge is 0.492 e. The first-order chi connectivity index (χ1) is 16.7. The Morgan fingerprint density at radius 3 is 2.47 bits per heavy atom. The van der Waals surface area contributed by atoms with Gasteiger partial charge in [0.25, 0.3) is 0 Å². The van der Waals surface area contributed by atoms with Crippen molar-refractivity contribution in [2.24, 2.45) is 0 Å². The molecule has 0 bridgehead atoms. The Bertz CT molecular complexity index is 1210. The van der Waals surface area contributed by atoms with Crippen molar-refractivity contribution in [3.63, 3.8) is 0 Å². The van der Waals surface area contributed by atoms with E-state index in [1.54, 1.807) is 4.72 Å². The standard InChI is InChI=1S/C22H24F6N4O2S.ClH/c1-12(30-2)21(33)32-7-6-18(31-35(29,34)22(26,27)28)19(32)10-13-4-3-5-17(20(13)25)14-8-15(23)11-16(24)9-14;/h3-5,8-9,11-12,18-19,30H,6-7,10H2,1-2H3,(H2,29,31,34);1H/t12-,18-,19-,35?;/m0./s1/i2D;. The molecule has 200 valence electrons. The number of carbonyl (C=O) groups excluding carboxylic acids is 1. The van der Waals surface area contributed by atoms with Crippen molar-refractivity contribution < 1.29 is 36.7 Å². The van der Waals surface area contributed by atoms with Gasteiger partial charge in [-0.2, -0.15) is 13.2 Å². The third kappa shape index (κ3) is 6.31. The number of rotatable bonds is 7. The molecule has 36 heavy (non-hydrogen) atoms. The summed E-state index contributed by atoms with van der Waals surface area (Å²) in [6.45, 7) is 1.40. The Morgan fingerprint density at radius 2 is 1.89 bits per heavy atom. The molecule has 3 N–H and O–H groups in total. The highest BCUT2D eigenvalue weighted by Crippen LogP contribution is 2.31. The van der Waals surface area contributed by atoms with Gasteiger partial charge in [0.1, 0.15) is 17.5 Å². The third-order valence-corrected chi connectivity index (χ3v) is 7.12. The molecule has 2 aromatic carbocycles. The third-order valence-electron chi connectivity index (χ3n) is 5.83. The van der Waals surface area contributed by atoms with Crippen LogP contribution in [-0.2, 0) is 21.1 Å². The van der Waals surface area contributed by atoms with E-state index in [1.165, 1.54) is 30.0 Å². The smallest absolute Gasteiger partial charge is 0.336 e. The number of amides is 1. The predicted octanol–water partition coefficient (Wildman–Crippen LogP) is 4.38. The minimum atomic E-state index is -5.37. The Morgan fingerprint density at radius 1 is 1.25 bits per heavy atom. The molecule has 3 rings (SSSR count). The molecule has 0 aliphatic carbocycles. The molecule has 1 fully saturated rings. The number of likely N-dealkylation sites (tertiary alicyclic amines) is 1. The summed E-state index contributed by atoms with van der Waals surface area (Å²) in [6.07, 6.45) is -0.422. The lowest BCUT2D eigenvalue weighted by Gasteiger charge is -2.31. The van der Waals surface area contributed by atoms with Crippen LogP contribution in [0.25, 0.3) is 11.1 Å². The summed E-state index contributed by atoms with van der Waals surface area (Å²) in [5.41, 5.74) is -5.68. The molecule has 1 aliphatic rings. The van der Waals surface area contributed by atoms with Crippen molar-refractivity contribution in [2.45, 2.75) is 43.4 Å². The number of benzene rings is 2. The van der Waals surface area contributed by atoms with Crippen LogP contribution in [0.1, 0.15) is 20.3 Å². The van der Waals surface area contributed by atoms with E-state index >= 15 is 4.39 Å². The van der Waals surface area contributed by atoms with Gasteiger partial charge in [-0.3, -0.25) is 4.79 Å². The lowest BCUT2D eigenvalue weighted by molar-refractivity contribution is -0.133. The second-order valence-electron chi connectivity index (χ2n) is 8.18. The van der Waals surface area contributed by atoms with Crippen LogP contribution in [0.2, 0.25) is 0 Å². The summed E-state index contributed by atoms with van der Waals surface area (Å²) in [7, 11) is -5.57. The van der Waals surface area contributed by atoms with E-state index in [0.29, 0.717) is 6.07 Å². The Hall–Kier alpha value is -2.35. The lowest BCUT2D eigenvalue weighted by atomic mass is 9.95. The minimum absolute atomic E-state index is 0. The number of nitrogens with one attached hydrogen (secondary N) is 3. The highest BCUT2D eigenvalue weighted by Gasteiger charge is 2.47. The molecule has 0 aromatic heterocycles. The normalized spacial score (nSPS) is 20.9. The number of carbonyl (C=O) groups is 1. The molecule has 4 atom stereocenters. The Balaban J connectivity index is 0.00000481. The zero-order valence-electron chi connectivity index (χ0n) is 19.9. The zero-order valence-corrected chi connectivity index (χ0v) is 20.5. The fraction of sp³-hybridized carbons (Fsp3) is 0.409. The summed E-state index contributed by atoms with van der Waals surface area (Å²) in [6, 6.07) is 3.19. The van der Waals surface area contributed by atoms with E-state index in [0.717, 1.165) is 12.1 Å². The van der Waals surface area contributed by atoms with Crippen molar-refractivity contribution in [1.29, 1.82) is 4.78 Å². The van der Waals surface area contributed by atoms with Gasteiger partial charge in [-0.1, -0.05) is 18.2 Å². The van der Waals surface area contributed by atoms with Crippen LogP contribution in [0.4, 0.5) is 26.3 Å². The molecule has 1 heterocycles. The van der Waals surface area contributed by atoms with Crippen molar-refractivity contribution in [3.8, 4) is 11.1 Å². The maximum Gasteiger partial charge on any atom is 0.492 e. The summed E-state index contributed by atoms with van der Waals surface area (Å²) in [5.74, 6) is -3.32. The summed E-state index contributed by atoms with van der Waals surface area (Å²) in [4.78, 5) is 14.1. The van der Waals surface area contributed by atoms with E-state index in [1.807, 2.05) is 0 Å². The van der Waals surface area contributed by atoms with Crippen LogP contribution in [0, 0.1) is 22.2 Å². The van der Waals surface area contributed by atoms with E-state index in [4.69, 9.17) is 6.15 Å². The lowest BCUT2D eigenvalue weighted by Crippen LogP contribution is -2.53. The van der Waals surface area contributed by atoms with Crippen LogP contribution < -0.4 is 10.0 Å². The number of alkyl halides is 3. The van der Waals surface area contributed by atoms with Crippen LogP contribution in [0.15, 0.2) is 36.4 Å². The van der Waals surface area contributed by atoms with E-state index in [9.17, 15) is 31.0 Å². The average molecular weight is 560 g/mol. The fourth-order valence-corrected chi connectivity index (χ4v) is 4.86. The molecule has 0 radical (unpaired) electrons. The summed E-state index contributed by atoms with van der Waals surface area (Å²) >= 11 is 0. The van der Waals surface area contributed by atoms with Crippen LogP contribution in [0.5, 0.6) is 0 Å². The highest BCUT2D eigenvalue weighted by atomic mass is 35.5. The molecule has 1 unspecified atom stereocenters. The van der Waals surface area contributed by atoms with Gasteiger partial charge >= 0.3 is 5.51 Å². The van der Waals surface area contributed by atoms with Gasteiger partial charge in [-0.15, -0.1) is 12.4 Å². The molecular weight excluding hydrogens is 534 g/mol.